The Hall–Kier alpha value is -3.33. The third-order valence-electron chi connectivity index (χ3n) is 6.16. The summed E-state index contributed by atoms with van der Waals surface area (Å²) in [5, 5.41) is -0.429. The molecule has 2 aromatic rings. The molecule has 0 atom stereocenters. The lowest BCUT2D eigenvalue weighted by Gasteiger charge is -2.27. The number of likely N-dealkylation sites (tertiary alicyclic amines) is 1. The van der Waals surface area contributed by atoms with Crippen LogP contribution in [0, 0.1) is 13.8 Å². The van der Waals surface area contributed by atoms with Gasteiger partial charge in [0.05, 0.1) is 17.6 Å². The molecule has 0 aliphatic carbocycles. The number of imide groups is 1. The predicted molar refractivity (Wildman–Crippen MR) is 130 cm³/mol. The normalized spacial score (nSPS) is 17.6. The zero-order chi connectivity index (χ0) is 24.4. The van der Waals surface area contributed by atoms with Crippen LogP contribution in [0.15, 0.2) is 35.2 Å². The van der Waals surface area contributed by atoms with Crippen molar-refractivity contribution in [1.82, 2.24) is 14.4 Å². The number of ether oxygens (including phenoxy) is 1. The van der Waals surface area contributed by atoms with Gasteiger partial charge in [0.2, 0.25) is 5.91 Å². The summed E-state index contributed by atoms with van der Waals surface area (Å²) in [5.41, 5.74) is 3.78. The minimum atomic E-state index is -0.446. The van der Waals surface area contributed by atoms with Crippen LogP contribution in [0.25, 0.3) is 11.8 Å². The van der Waals surface area contributed by atoms with Crippen molar-refractivity contribution in [2.75, 3.05) is 26.7 Å². The average Bonchev–Trinajstić information content (AvgIpc) is 3.27. The number of esters is 1. The molecule has 1 aromatic carbocycles. The van der Waals surface area contributed by atoms with Gasteiger partial charge in [0.15, 0.2) is 0 Å². The molecule has 2 aliphatic rings. The van der Waals surface area contributed by atoms with E-state index in [9.17, 15) is 19.2 Å². The number of piperidine rings is 1. The molecule has 9 heteroatoms. The molecule has 2 aliphatic heterocycles. The molecule has 3 amide bonds. The molecule has 0 radical (unpaired) electrons. The van der Waals surface area contributed by atoms with E-state index in [1.165, 1.54) is 7.11 Å². The van der Waals surface area contributed by atoms with Crippen molar-refractivity contribution in [3.63, 3.8) is 0 Å². The lowest BCUT2D eigenvalue weighted by Crippen LogP contribution is -2.44. The summed E-state index contributed by atoms with van der Waals surface area (Å²) in [6.07, 6.45) is 4.69. The number of carbonyl (C=O) groups is 4. The summed E-state index contributed by atoms with van der Waals surface area (Å²) >= 11 is 0.852. The van der Waals surface area contributed by atoms with E-state index in [4.69, 9.17) is 4.74 Å². The fourth-order valence-corrected chi connectivity index (χ4v) is 5.21. The highest BCUT2D eigenvalue weighted by atomic mass is 32.2. The van der Waals surface area contributed by atoms with E-state index in [-0.39, 0.29) is 12.5 Å². The monoisotopic (exact) mass is 481 g/mol. The molecular formula is C25H27N3O5S. The van der Waals surface area contributed by atoms with E-state index in [2.05, 4.69) is 0 Å². The number of aromatic nitrogens is 1. The van der Waals surface area contributed by atoms with Crippen LogP contribution in [-0.2, 0) is 14.3 Å². The minimum Gasteiger partial charge on any atom is -0.465 e. The summed E-state index contributed by atoms with van der Waals surface area (Å²) in [5.74, 6) is -1.05. The number of carbonyl (C=O) groups excluding carboxylic acids is 4. The Kier molecular flexibility index (Phi) is 6.92. The van der Waals surface area contributed by atoms with Crippen LogP contribution in [0.5, 0.6) is 0 Å². The molecule has 0 saturated carbocycles. The van der Waals surface area contributed by atoms with Crippen LogP contribution in [0.4, 0.5) is 4.79 Å². The highest BCUT2D eigenvalue weighted by Gasteiger charge is 2.37. The predicted octanol–water partition coefficient (Wildman–Crippen LogP) is 3.93. The largest absolute Gasteiger partial charge is 0.465 e. The van der Waals surface area contributed by atoms with Crippen molar-refractivity contribution < 1.29 is 23.9 Å². The van der Waals surface area contributed by atoms with Crippen LogP contribution in [-0.4, -0.2) is 64.1 Å². The second kappa shape index (κ2) is 9.89. The molecule has 0 N–H and O–H groups in total. The van der Waals surface area contributed by atoms with Crippen molar-refractivity contribution in [2.45, 2.75) is 33.1 Å². The first kappa shape index (κ1) is 23.8. The van der Waals surface area contributed by atoms with Crippen molar-refractivity contribution in [2.24, 2.45) is 0 Å². The van der Waals surface area contributed by atoms with Crippen LogP contribution >= 0.6 is 11.8 Å². The van der Waals surface area contributed by atoms with Gasteiger partial charge in [-0.1, -0.05) is 6.07 Å². The third kappa shape index (κ3) is 4.65. The second-order valence-corrected chi connectivity index (χ2v) is 9.41. The topological polar surface area (TPSA) is 88.9 Å². The first-order valence-corrected chi connectivity index (χ1v) is 12.0. The summed E-state index contributed by atoms with van der Waals surface area (Å²) in [4.78, 5) is 53.0. The van der Waals surface area contributed by atoms with Gasteiger partial charge in [0, 0.05) is 30.2 Å². The quantitative estimate of drug-likeness (QED) is 0.475. The number of hydrogen-bond acceptors (Lipinski definition) is 6. The van der Waals surface area contributed by atoms with E-state index < -0.39 is 17.1 Å². The number of aryl methyl sites for hydroxylation is 1. The summed E-state index contributed by atoms with van der Waals surface area (Å²) < 4.78 is 6.79. The number of amides is 3. The maximum absolute atomic E-state index is 13.0. The van der Waals surface area contributed by atoms with Gasteiger partial charge in [-0.3, -0.25) is 19.3 Å². The maximum atomic E-state index is 13.0. The molecule has 2 saturated heterocycles. The molecule has 0 bridgehead atoms. The fourth-order valence-electron chi connectivity index (χ4n) is 4.38. The molecule has 0 spiro atoms. The third-order valence-corrected chi connectivity index (χ3v) is 7.07. The van der Waals surface area contributed by atoms with Crippen molar-refractivity contribution in [1.29, 1.82) is 0 Å². The summed E-state index contributed by atoms with van der Waals surface area (Å²) in [6.45, 7) is 4.97. The Morgan fingerprint density at radius 3 is 2.53 bits per heavy atom. The van der Waals surface area contributed by atoms with E-state index in [0.29, 0.717) is 23.6 Å². The second-order valence-electron chi connectivity index (χ2n) is 8.41. The van der Waals surface area contributed by atoms with Crippen molar-refractivity contribution >= 4 is 40.9 Å². The standard InChI is InChI=1S/C25H27N3O5S/c1-16-12-19(17(2)28(16)20-9-7-8-18(13-20)24(31)33-3)14-21-23(30)27(25(32)34-21)15-22(29)26-10-5-4-6-11-26/h7-9,12-14H,4-6,10-11,15H2,1-3H3/b21-14-. The molecule has 178 valence electrons. The number of hydrogen-bond donors (Lipinski definition) is 0. The van der Waals surface area contributed by atoms with Crippen LogP contribution in [0.2, 0.25) is 0 Å². The molecule has 4 rings (SSSR count). The lowest BCUT2D eigenvalue weighted by molar-refractivity contribution is -0.136. The summed E-state index contributed by atoms with van der Waals surface area (Å²) in [6, 6.07) is 9.02. The highest BCUT2D eigenvalue weighted by Crippen LogP contribution is 2.34. The molecular weight excluding hydrogens is 454 g/mol. The Labute approximate surface area is 202 Å². The Bertz CT molecular complexity index is 1190. The molecule has 1 aromatic heterocycles. The van der Waals surface area contributed by atoms with E-state index >= 15 is 0 Å². The zero-order valence-electron chi connectivity index (χ0n) is 19.5. The van der Waals surface area contributed by atoms with E-state index in [0.717, 1.165) is 58.6 Å². The van der Waals surface area contributed by atoms with Gasteiger partial charge in [-0.15, -0.1) is 0 Å². The van der Waals surface area contributed by atoms with Crippen molar-refractivity contribution in [3.05, 3.63) is 57.8 Å². The fraction of sp³-hybridized carbons (Fsp3) is 0.360. The number of rotatable bonds is 5. The Balaban J connectivity index is 1.57. The van der Waals surface area contributed by atoms with E-state index in [1.54, 1.807) is 29.2 Å². The van der Waals surface area contributed by atoms with Gasteiger partial charge < -0.3 is 14.2 Å². The number of benzene rings is 1. The zero-order valence-corrected chi connectivity index (χ0v) is 20.3. The van der Waals surface area contributed by atoms with Crippen LogP contribution < -0.4 is 0 Å². The van der Waals surface area contributed by atoms with Crippen LogP contribution in [0.3, 0.4) is 0 Å². The van der Waals surface area contributed by atoms with Crippen molar-refractivity contribution in [3.8, 4) is 5.69 Å². The lowest BCUT2D eigenvalue weighted by atomic mass is 10.1. The number of thioether (sulfide) groups is 1. The maximum Gasteiger partial charge on any atom is 0.337 e. The first-order chi connectivity index (χ1) is 16.3. The average molecular weight is 482 g/mol. The van der Waals surface area contributed by atoms with Gasteiger partial charge in [-0.05, 0) is 80.8 Å². The van der Waals surface area contributed by atoms with Gasteiger partial charge in [0.25, 0.3) is 11.1 Å². The SMILES string of the molecule is COC(=O)c1cccc(-n2c(C)cc(/C=C3\SC(=O)N(CC(=O)N4CCCCC4)C3=O)c2C)c1. The van der Waals surface area contributed by atoms with Gasteiger partial charge in [0.1, 0.15) is 6.54 Å². The smallest absolute Gasteiger partial charge is 0.337 e. The molecule has 34 heavy (non-hydrogen) atoms. The first-order valence-electron chi connectivity index (χ1n) is 11.2. The highest BCUT2D eigenvalue weighted by molar-refractivity contribution is 8.18. The molecule has 3 heterocycles. The number of nitrogens with zero attached hydrogens (tertiary/aromatic N) is 3. The summed E-state index contributed by atoms with van der Waals surface area (Å²) in [7, 11) is 1.34. The molecule has 0 unspecified atom stereocenters. The van der Waals surface area contributed by atoms with Gasteiger partial charge >= 0.3 is 5.97 Å². The molecule has 8 nitrogen and oxygen atoms in total. The van der Waals surface area contributed by atoms with Gasteiger partial charge in [-0.2, -0.15) is 0 Å². The Morgan fingerprint density at radius 2 is 1.82 bits per heavy atom. The number of methoxy groups -OCH3 is 1. The van der Waals surface area contributed by atoms with Gasteiger partial charge in [-0.25, -0.2) is 4.79 Å². The van der Waals surface area contributed by atoms with E-state index in [1.807, 2.05) is 30.5 Å². The minimum absolute atomic E-state index is 0.188. The van der Waals surface area contributed by atoms with Crippen LogP contribution in [0.1, 0.15) is 46.6 Å². The molecule has 2 fully saturated rings. The Morgan fingerprint density at radius 1 is 1.09 bits per heavy atom.